The highest BCUT2D eigenvalue weighted by atomic mass is 16.2. The van der Waals surface area contributed by atoms with E-state index in [1.807, 2.05) is 0 Å². The van der Waals surface area contributed by atoms with Gasteiger partial charge in [0, 0.05) is 31.0 Å². The summed E-state index contributed by atoms with van der Waals surface area (Å²) in [7, 11) is 0. The van der Waals surface area contributed by atoms with Crippen molar-refractivity contribution in [2.75, 3.05) is 19.6 Å². The van der Waals surface area contributed by atoms with E-state index in [4.69, 9.17) is 0 Å². The number of carbonyl (C=O) groups excluding carboxylic acids is 1. The fourth-order valence-electron chi connectivity index (χ4n) is 3.80. The van der Waals surface area contributed by atoms with Gasteiger partial charge in [-0.3, -0.25) is 4.79 Å². The number of piperidine rings is 1. The van der Waals surface area contributed by atoms with Crippen molar-refractivity contribution in [2.24, 2.45) is 0 Å². The van der Waals surface area contributed by atoms with Crippen LogP contribution in [0.5, 0.6) is 0 Å². The van der Waals surface area contributed by atoms with Gasteiger partial charge in [-0.1, -0.05) is 37.3 Å². The monoisotopic (exact) mass is 286 g/mol. The van der Waals surface area contributed by atoms with E-state index in [1.165, 1.54) is 18.4 Å². The molecule has 0 spiro atoms. The maximum atomic E-state index is 12.6. The number of rotatable bonds is 3. The molecule has 1 N–H and O–H groups in total. The lowest BCUT2D eigenvalue weighted by Crippen LogP contribution is -2.48. The number of carbonyl (C=O) groups is 1. The number of hydrogen-bond acceptors (Lipinski definition) is 2. The average Bonchev–Trinajstić information content (AvgIpc) is 3.01. The molecule has 0 radical (unpaired) electrons. The number of amides is 1. The summed E-state index contributed by atoms with van der Waals surface area (Å²) in [4.78, 5) is 14.7. The smallest absolute Gasteiger partial charge is 0.224 e. The van der Waals surface area contributed by atoms with Gasteiger partial charge in [0.25, 0.3) is 0 Å². The van der Waals surface area contributed by atoms with Crippen molar-refractivity contribution >= 4 is 5.91 Å². The second-order valence-corrected chi connectivity index (χ2v) is 6.84. The highest BCUT2D eigenvalue weighted by Gasteiger charge is 2.35. The summed E-state index contributed by atoms with van der Waals surface area (Å²) in [6.45, 7) is 5.16. The minimum absolute atomic E-state index is 0.109. The van der Waals surface area contributed by atoms with Crippen LogP contribution in [0.4, 0.5) is 0 Å². The summed E-state index contributed by atoms with van der Waals surface area (Å²) < 4.78 is 0. The Kier molecular flexibility index (Phi) is 4.29. The van der Waals surface area contributed by atoms with E-state index < -0.39 is 0 Å². The Hall–Kier alpha value is -1.35. The van der Waals surface area contributed by atoms with Gasteiger partial charge in [0.1, 0.15) is 0 Å². The summed E-state index contributed by atoms with van der Waals surface area (Å²) in [5, 5.41) is 3.43. The molecule has 2 atom stereocenters. The molecule has 2 fully saturated rings. The van der Waals surface area contributed by atoms with Crippen LogP contribution in [-0.2, 0) is 10.2 Å². The summed E-state index contributed by atoms with van der Waals surface area (Å²) in [6.07, 6.45) is 5.30. The summed E-state index contributed by atoms with van der Waals surface area (Å²) in [6, 6.07) is 11.1. The highest BCUT2D eigenvalue weighted by Crippen LogP contribution is 2.33. The van der Waals surface area contributed by atoms with Crippen LogP contribution in [0.25, 0.3) is 0 Å². The van der Waals surface area contributed by atoms with E-state index in [0.717, 1.165) is 32.5 Å². The van der Waals surface area contributed by atoms with Gasteiger partial charge in [-0.25, -0.2) is 0 Å². The Balaban J connectivity index is 1.66. The van der Waals surface area contributed by atoms with Gasteiger partial charge in [-0.05, 0) is 37.8 Å². The molecule has 1 amide bonds. The normalized spacial score (nSPS) is 29.6. The Morgan fingerprint density at radius 1 is 1.33 bits per heavy atom. The van der Waals surface area contributed by atoms with E-state index >= 15 is 0 Å². The lowest BCUT2D eigenvalue weighted by molar-refractivity contribution is -0.133. The largest absolute Gasteiger partial charge is 0.342 e. The van der Waals surface area contributed by atoms with Gasteiger partial charge < -0.3 is 10.2 Å². The first-order valence-electron chi connectivity index (χ1n) is 8.24. The van der Waals surface area contributed by atoms with Gasteiger partial charge >= 0.3 is 0 Å². The molecule has 3 heteroatoms. The molecule has 0 aliphatic carbocycles. The maximum absolute atomic E-state index is 12.6. The molecule has 21 heavy (non-hydrogen) atoms. The number of hydrogen-bond donors (Lipinski definition) is 1. The standard InChI is InChI=1S/C18H26N2O/c1-18(15-7-3-2-4-8-15)10-6-12-20(14-18)17(21)13-16-9-5-11-19-16/h2-4,7-8,16,19H,5-6,9-14H2,1H3. The third-order valence-electron chi connectivity index (χ3n) is 5.10. The molecule has 2 unspecified atom stereocenters. The van der Waals surface area contributed by atoms with Crippen LogP contribution in [0.2, 0.25) is 0 Å². The van der Waals surface area contributed by atoms with Crippen LogP contribution in [-0.4, -0.2) is 36.5 Å². The second-order valence-electron chi connectivity index (χ2n) is 6.84. The van der Waals surface area contributed by atoms with Crippen LogP contribution in [0.3, 0.4) is 0 Å². The van der Waals surface area contributed by atoms with Crippen molar-refractivity contribution in [1.82, 2.24) is 10.2 Å². The quantitative estimate of drug-likeness (QED) is 0.926. The second kappa shape index (κ2) is 6.18. The summed E-state index contributed by atoms with van der Waals surface area (Å²) >= 11 is 0. The molecule has 2 saturated heterocycles. The average molecular weight is 286 g/mol. The first-order chi connectivity index (χ1) is 10.2. The molecule has 0 aromatic heterocycles. The van der Waals surface area contributed by atoms with Crippen molar-refractivity contribution in [3.05, 3.63) is 35.9 Å². The van der Waals surface area contributed by atoms with Crippen molar-refractivity contribution < 1.29 is 4.79 Å². The first-order valence-corrected chi connectivity index (χ1v) is 8.24. The molecule has 1 aromatic rings. The van der Waals surface area contributed by atoms with E-state index in [2.05, 4.69) is 47.5 Å². The van der Waals surface area contributed by atoms with E-state index in [-0.39, 0.29) is 5.41 Å². The van der Waals surface area contributed by atoms with E-state index in [1.54, 1.807) is 0 Å². The third kappa shape index (κ3) is 3.29. The van der Waals surface area contributed by atoms with Crippen LogP contribution < -0.4 is 5.32 Å². The number of nitrogens with one attached hydrogen (secondary N) is 1. The molecule has 0 saturated carbocycles. The fourth-order valence-corrected chi connectivity index (χ4v) is 3.80. The Morgan fingerprint density at radius 2 is 2.14 bits per heavy atom. The Morgan fingerprint density at radius 3 is 2.86 bits per heavy atom. The highest BCUT2D eigenvalue weighted by molar-refractivity contribution is 5.77. The zero-order valence-corrected chi connectivity index (χ0v) is 13.0. The lowest BCUT2D eigenvalue weighted by Gasteiger charge is -2.41. The minimum Gasteiger partial charge on any atom is -0.342 e. The molecule has 3 rings (SSSR count). The molecular weight excluding hydrogens is 260 g/mol. The number of likely N-dealkylation sites (tertiary alicyclic amines) is 1. The SMILES string of the molecule is CC1(c2ccccc2)CCCN(C(=O)CC2CCCN2)C1. The molecule has 3 nitrogen and oxygen atoms in total. The van der Waals surface area contributed by atoms with Crippen molar-refractivity contribution in [3.8, 4) is 0 Å². The molecule has 114 valence electrons. The summed E-state index contributed by atoms with van der Waals surface area (Å²) in [5.74, 6) is 0.330. The summed E-state index contributed by atoms with van der Waals surface area (Å²) in [5.41, 5.74) is 1.47. The predicted molar refractivity (Wildman–Crippen MR) is 85.2 cm³/mol. The molecule has 2 heterocycles. The van der Waals surface area contributed by atoms with Gasteiger partial charge in [0.2, 0.25) is 5.91 Å². The van der Waals surface area contributed by atoms with Gasteiger partial charge in [0.15, 0.2) is 0 Å². The lowest BCUT2D eigenvalue weighted by atomic mass is 9.76. The van der Waals surface area contributed by atoms with Crippen LogP contribution in [0.15, 0.2) is 30.3 Å². The van der Waals surface area contributed by atoms with Crippen molar-refractivity contribution in [2.45, 2.75) is 50.5 Å². The minimum atomic E-state index is 0.109. The van der Waals surface area contributed by atoms with Crippen LogP contribution in [0, 0.1) is 0 Å². The zero-order valence-electron chi connectivity index (χ0n) is 13.0. The Labute approximate surface area is 127 Å². The fraction of sp³-hybridized carbons (Fsp3) is 0.611. The predicted octanol–water partition coefficient (Wildman–Crippen LogP) is 2.71. The Bertz CT molecular complexity index is 481. The van der Waals surface area contributed by atoms with Crippen molar-refractivity contribution in [3.63, 3.8) is 0 Å². The number of nitrogens with zero attached hydrogens (tertiary/aromatic N) is 1. The molecule has 0 bridgehead atoms. The van der Waals surface area contributed by atoms with Crippen LogP contribution in [0.1, 0.15) is 44.6 Å². The van der Waals surface area contributed by atoms with Gasteiger partial charge in [-0.15, -0.1) is 0 Å². The molecule has 2 aliphatic rings. The first kappa shape index (κ1) is 14.6. The van der Waals surface area contributed by atoms with E-state index in [9.17, 15) is 4.79 Å². The van der Waals surface area contributed by atoms with Gasteiger partial charge in [-0.2, -0.15) is 0 Å². The van der Waals surface area contributed by atoms with E-state index in [0.29, 0.717) is 18.4 Å². The van der Waals surface area contributed by atoms with Crippen LogP contribution >= 0.6 is 0 Å². The maximum Gasteiger partial charge on any atom is 0.224 e. The number of benzene rings is 1. The van der Waals surface area contributed by atoms with Gasteiger partial charge in [0.05, 0.1) is 0 Å². The third-order valence-corrected chi connectivity index (χ3v) is 5.10. The van der Waals surface area contributed by atoms with Crippen molar-refractivity contribution in [1.29, 1.82) is 0 Å². The topological polar surface area (TPSA) is 32.3 Å². The molecule has 1 aromatic carbocycles. The molecular formula is C18H26N2O. The molecule has 2 aliphatic heterocycles. The zero-order chi connectivity index (χ0) is 14.7.